The van der Waals surface area contributed by atoms with Crippen LogP contribution in [-0.2, 0) is 5.41 Å². The van der Waals surface area contributed by atoms with E-state index in [0.717, 1.165) is 23.8 Å². The van der Waals surface area contributed by atoms with Crippen molar-refractivity contribution in [2.24, 2.45) is 4.99 Å². The van der Waals surface area contributed by atoms with Crippen LogP contribution in [0.4, 0.5) is 11.4 Å². The van der Waals surface area contributed by atoms with Crippen LogP contribution < -0.4 is 5.11 Å². The fourth-order valence-electron chi connectivity index (χ4n) is 1.98. The van der Waals surface area contributed by atoms with E-state index in [1.54, 1.807) is 18.2 Å². The zero-order valence-electron chi connectivity index (χ0n) is 13.1. The lowest BCUT2D eigenvalue weighted by Crippen LogP contribution is -2.10. The second-order valence-electron chi connectivity index (χ2n) is 6.19. The van der Waals surface area contributed by atoms with Gasteiger partial charge in [0.15, 0.2) is 0 Å². The highest BCUT2D eigenvalue weighted by Crippen LogP contribution is 2.32. The number of aliphatic imine (C=N–C) groups is 1. The van der Waals surface area contributed by atoms with Crippen LogP contribution in [-0.4, -0.2) is 16.2 Å². The van der Waals surface area contributed by atoms with Crippen molar-refractivity contribution in [3.63, 3.8) is 0 Å². The lowest BCUT2D eigenvalue weighted by Gasteiger charge is -2.19. The van der Waals surface area contributed by atoms with Gasteiger partial charge in [0.25, 0.3) is 5.69 Å². The summed E-state index contributed by atoms with van der Waals surface area (Å²) in [7, 11) is 0. The maximum atomic E-state index is 11.8. The number of aromatic hydroxyl groups is 1. The summed E-state index contributed by atoms with van der Waals surface area (Å²) in [5.41, 5.74) is 1.08. The van der Waals surface area contributed by atoms with Crippen molar-refractivity contribution in [3.8, 4) is 11.5 Å². The van der Waals surface area contributed by atoms with Gasteiger partial charge in [0.05, 0.1) is 4.92 Å². The van der Waals surface area contributed by atoms with E-state index >= 15 is 0 Å². The SMILES string of the molecule is CC(C)(C)c1ccc(O)c(N=Cc2cc([N+](=O)[O-])ccc2[O-])c1. The Morgan fingerprint density at radius 3 is 2.48 bits per heavy atom. The number of non-ortho nitro benzene ring substituents is 1. The second-order valence-corrected chi connectivity index (χ2v) is 6.19. The van der Waals surface area contributed by atoms with E-state index in [-0.39, 0.29) is 28.2 Å². The summed E-state index contributed by atoms with van der Waals surface area (Å²) < 4.78 is 0. The molecule has 0 spiro atoms. The van der Waals surface area contributed by atoms with E-state index in [0.29, 0.717) is 5.69 Å². The molecule has 120 valence electrons. The molecule has 0 aromatic heterocycles. The molecule has 23 heavy (non-hydrogen) atoms. The molecule has 0 aliphatic carbocycles. The lowest BCUT2D eigenvalue weighted by atomic mass is 9.87. The molecule has 0 unspecified atom stereocenters. The molecule has 0 aliphatic heterocycles. The largest absolute Gasteiger partial charge is 0.872 e. The Morgan fingerprint density at radius 1 is 1.17 bits per heavy atom. The van der Waals surface area contributed by atoms with Crippen molar-refractivity contribution < 1.29 is 15.1 Å². The quantitative estimate of drug-likeness (QED) is 0.533. The third-order valence-electron chi connectivity index (χ3n) is 3.39. The van der Waals surface area contributed by atoms with Gasteiger partial charge in [-0.2, -0.15) is 0 Å². The highest BCUT2D eigenvalue weighted by atomic mass is 16.6. The summed E-state index contributed by atoms with van der Waals surface area (Å²) in [6, 6.07) is 8.52. The minimum Gasteiger partial charge on any atom is -0.872 e. The molecular formula is C17H17N2O4-. The normalized spacial score (nSPS) is 11.8. The Kier molecular flexibility index (Phi) is 4.36. The number of benzene rings is 2. The van der Waals surface area contributed by atoms with Crippen molar-refractivity contribution in [1.82, 2.24) is 0 Å². The molecule has 6 heteroatoms. The first-order valence-electron chi connectivity index (χ1n) is 7.01. The Hall–Kier alpha value is -2.89. The topological polar surface area (TPSA) is 98.8 Å². The van der Waals surface area contributed by atoms with Crippen LogP contribution >= 0.6 is 0 Å². The van der Waals surface area contributed by atoms with Gasteiger partial charge in [0.2, 0.25) is 0 Å². The number of phenols is 1. The maximum absolute atomic E-state index is 11.8. The summed E-state index contributed by atoms with van der Waals surface area (Å²) in [4.78, 5) is 14.3. The van der Waals surface area contributed by atoms with E-state index in [1.165, 1.54) is 6.21 Å². The first-order chi connectivity index (χ1) is 10.7. The Balaban J connectivity index is 2.41. The zero-order chi connectivity index (χ0) is 17.2. The average molecular weight is 313 g/mol. The molecular weight excluding hydrogens is 296 g/mol. The molecule has 0 saturated heterocycles. The molecule has 0 fully saturated rings. The van der Waals surface area contributed by atoms with E-state index in [9.17, 15) is 20.3 Å². The number of hydrogen-bond acceptors (Lipinski definition) is 5. The third kappa shape index (κ3) is 3.85. The maximum Gasteiger partial charge on any atom is 0.270 e. The molecule has 0 heterocycles. The van der Waals surface area contributed by atoms with Crippen molar-refractivity contribution in [2.45, 2.75) is 26.2 Å². The van der Waals surface area contributed by atoms with Crippen molar-refractivity contribution in [1.29, 1.82) is 0 Å². The van der Waals surface area contributed by atoms with Gasteiger partial charge in [0, 0.05) is 18.3 Å². The summed E-state index contributed by atoms with van der Waals surface area (Å²) in [6.45, 7) is 6.09. The first kappa shape index (κ1) is 16.5. The number of nitro groups is 1. The smallest absolute Gasteiger partial charge is 0.270 e. The van der Waals surface area contributed by atoms with Crippen LogP contribution in [0.5, 0.6) is 11.5 Å². The molecule has 0 saturated carbocycles. The predicted octanol–water partition coefficient (Wildman–Crippen LogP) is 3.42. The Bertz CT molecular complexity index is 777. The average Bonchev–Trinajstić information content (AvgIpc) is 2.46. The van der Waals surface area contributed by atoms with Gasteiger partial charge >= 0.3 is 0 Å². The molecule has 0 atom stereocenters. The highest BCUT2D eigenvalue weighted by Gasteiger charge is 2.15. The van der Waals surface area contributed by atoms with Crippen LogP contribution in [0, 0.1) is 10.1 Å². The second kappa shape index (κ2) is 6.08. The molecule has 1 N–H and O–H groups in total. The first-order valence-corrected chi connectivity index (χ1v) is 7.01. The van der Waals surface area contributed by atoms with Crippen LogP contribution in [0.1, 0.15) is 31.9 Å². The summed E-state index contributed by atoms with van der Waals surface area (Å²) in [6.07, 6.45) is 1.23. The van der Waals surface area contributed by atoms with Crippen LogP contribution in [0.2, 0.25) is 0 Å². The number of hydrogen-bond donors (Lipinski definition) is 1. The molecule has 6 nitrogen and oxygen atoms in total. The van der Waals surface area contributed by atoms with Crippen LogP contribution in [0.25, 0.3) is 0 Å². The van der Waals surface area contributed by atoms with E-state index < -0.39 is 4.92 Å². The van der Waals surface area contributed by atoms with Gasteiger partial charge in [0.1, 0.15) is 11.4 Å². The van der Waals surface area contributed by atoms with Crippen LogP contribution in [0.3, 0.4) is 0 Å². The summed E-state index contributed by atoms with van der Waals surface area (Å²) in [5, 5.41) is 32.4. The molecule has 2 rings (SSSR count). The van der Waals surface area contributed by atoms with Crippen molar-refractivity contribution in [3.05, 3.63) is 57.6 Å². The van der Waals surface area contributed by atoms with E-state index in [2.05, 4.69) is 4.99 Å². The zero-order valence-corrected chi connectivity index (χ0v) is 13.1. The summed E-state index contributed by atoms with van der Waals surface area (Å²) in [5.74, 6) is -0.391. The fraction of sp³-hybridized carbons (Fsp3) is 0.235. The minimum atomic E-state index is -0.575. The van der Waals surface area contributed by atoms with Gasteiger partial charge in [-0.15, -0.1) is 0 Å². The van der Waals surface area contributed by atoms with E-state index in [4.69, 9.17) is 0 Å². The summed E-state index contributed by atoms with van der Waals surface area (Å²) >= 11 is 0. The molecule has 0 bridgehead atoms. The van der Waals surface area contributed by atoms with Gasteiger partial charge in [-0.1, -0.05) is 38.7 Å². The molecule has 2 aromatic carbocycles. The Morgan fingerprint density at radius 2 is 1.87 bits per heavy atom. The van der Waals surface area contributed by atoms with Crippen molar-refractivity contribution in [2.75, 3.05) is 0 Å². The number of nitro benzene ring substituents is 1. The van der Waals surface area contributed by atoms with Gasteiger partial charge in [-0.3, -0.25) is 15.1 Å². The highest BCUT2D eigenvalue weighted by molar-refractivity contribution is 5.86. The van der Waals surface area contributed by atoms with Crippen LogP contribution in [0.15, 0.2) is 41.4 Å². The Labute approximate surface area is 133 Å². The molecule has 2 aromatic rings. The van der Waals surface area contributed by atoms with Gasteiger partial charge in [-0.05, 0) is 28.7 Å². The predicted molar refractivity (Wildman–Crippen MR) is 86.6 cm³/mol. The standard InChI is InChI=1S/C17H18N2O4/c1-17(2,3)12-4-6-16(21)14(9-12)18-10-11-8-13(19(22)23)5-7-15(11)20/h4-10,20-21H,1-3H3/p-1. The third-order valence-corrected chi connectivity index (χ3v) is 3.39. The molecule has 0 radical (unpaired) electrons. The number of rotatable bonds is 3. The molecule has 0 aliphatic rings. The van der Waals surface area contributed by atoms with Gasteiger partial charge in [-0.25, -0.2) is 0 Å². The minimum absolute atomic E-state index is 0.0212. The van der Waals surface area contributed by atoms with Crippen molar-refractivity contribution >= 4 is 17.6 Å². The lowest BCUT2D eigenvalue weighted by molar-refractivity contribution is -0.385. The molecule has 0 amide bonds. The fourth-order valence-corrected chi connectivity index (χ4v) is 1.98. The number of phenolic OH excluding ortho intramolecular Hbond substituents is 1. The van der Waals surface area contributed by atoms with E-state index in [1.807, 2.05) is 20.8 Å². The van der Waals surface area contributed by atoms with Gasteiger partial charge < -0.3 is 10.2 Å². The number of nitrogens with zero attached hydrogens (tertiary/aromatic N) is 2. The monoisotopic (exact) mass is 313 g/mol.